The van der Waals surface area contributed by atoms with Crippen molar-refractivity contribution < 1.29 is 29.3 Å². The standard InChI is InChI=1S/C19H27BrN2O6/c1-3-5-7-21(6-4-2)17(25)15-19-10-11(20)14(28-19)12(18(26)27)13(19)16(24)22(15)8-9-23/h4,11-15,23H,2-3,5-10H2,1H3,(H,26,27)/t11?,12-,13-,14-,15?,19?/m0/s1. The lowest BCUT2D eigenvalue weighted by molar-refractivity contribution is -0.151. The molecule has 8 nitrogen and oxygen atoms in total. The zero-order valence-electron chi connectivity index (χ0n) is 15.9. The molecular weight excluding hydrogens is 432 g/mol. The van der Waals surface area contributed by atoms with Crippen LogP contribution in [0.2, 0.25) is 0 Å². The number of aliphatic hydroxyl groups is 1. The molecule has 3 aliphatic rings. The molecule has 6 atom stereocenters. The second-order valence-electron chi connectivity index (χ2n) is 7.68. The number of carbonyl (C=O) groups is 3. The predicted octanol–water partition coefficient (Wildman–Crippen LogP) is 0.626. The van der Waals surface area contributed by atoms with E-state index in [0.29, 0.717) is 19.5 Å². The Kier molecular flexibility index (Phi) is 6.17. The van der Waals surface area contributed by atoms with Crippen LogP contribution in [0.25, 0.3) is 0 Å². The number of carboxylic acid groups (broad SMARTS) is 1. The van der Waals surface area contributed by atoms with Crippen molar-refractivity contribution >= 4 is 33.7 Å². The molecule has 2 N–H and O–H groups in total. The van der Waals surface area contributed by atoms with Crippen molar-refractivity contribution in [2.45, 2.75) is 48.8 Å². The van der Waals surface area contributed by atoms with Gasteiger partial charge in [0, 0.05) is 24.5 Å². The number of alkyl halides is 1. The Hall–Kier alpha value is -1.45. The summed E-state index contributed by atoms with van der Waals surface area (Å²) in [4.78, 5) is 41.3. The first-order valence-electron chi connectivity index (χ1n) is 9.69. The quantitative estimate of drug-likeness (QED) is 0.387. The second kappa shape index (κ2) is 8.12. The number of carboxylic acids is 1. The number of unbranched alkanes of at least 4 members (excludes halogenated alkanes) is 1. The van der Waals surface area contributed by atoms with Crippen LogP contribution in [0, 0.1) is 11.8 Å². The maximum absolute atomic E-state index is 13.5. The summed E-state index contributed by atoms with van der Waals surface area (Å²) in [6.07, 6.45) is 3.07. The zero-order valence-corrected chi connectivity index (χ0v) is 17.5. The summed E-state index contributed by atoms with van der Waals surface area (Å²) in [6.45, 7) is 6.25. The third-order valence-electron chi connectivity index (χ3n) is 6.09. The Balaban J connectivity index is 2.02. The van der Waals surface area contributed by atoms with Crippen LogP contribution in [0.4, 0.5) is 0 Å². The molecule has 0 saturated carbocycles. The number of rotatable bonds is 9. The summed E-state index contributed by atoms with van der Waals surface area (Å²) in [5.74, 6) is -3.71. The van der Waals surface area contributed by atoms with Crippen LogP contribution in [-0.4, -0.2) is 86.6 Å². The van der Waals surface area contributed by atoms with Crippen LogP contribution in [0.5, 0.6) is 0 Å². The zero-order chi connectivity index (χ0) is 20.6. The fourth-order valence-corrected chi connectivity index (χ4v) is 5.95. The number of β-amino-alcohol motifs (C(OH)–C–C–N with tert-alkyl or cyclic N) is 1. The number of carbonyl (C=O) groups excluding carboxylic acids is 2. The number of ether oxygens (including phenoxy) is 1. The Morgan fingerprint density at radius 1 is 1.50 bits per heavy atom. The van der Waals surface area contributed by atoms with Crippen molar-refractivity contribution in [3.05, 3.63) is 12.7 Å². The van der Waals surface area contributed by atoms with E-state index < -0.39 is 41.5 Å². The molecule has 3 aliphatic heterocycles. The summed E-state index contributed by atoms with van der Waals surface area (Å²) in [5.41, 5.74) is -1.18. The minimum absolute atomic E-state index is 0.0312. The smallest absolute Gasteiger partial charge is 0.310 e. The van der Waals surface area contributed by atoms with Gasteiger partial charge < -0.3 is 24.7 Å². The molecular formula is C19H27BrN2O6. The highest BCUT2D eigenvalue weighted by molar-refractivity contribution is 9.09. The third kappa shape index (κ3) is 3.07. The van der Waals surface area contributed by atoms with Gasteiger partial charge in [0.2, 0.25) is 11.8 Å². The van der Waals surface area contributed by atoms with Crippen LogP contribution >= 0.6 is 15.9 Å². The molecule has 3 unspecified atom stereocenters. The predicted molar refractivity (Wildman–Crippen MR) is 104 cm³/mol. The number of hydrogen-bond donors (Lipinski definition) is 2. The first-order chi connectivity index (χ1) is 13.3. The molecule has 0 aliphatic carbocycles. The number of halogens is 1. The van der Waals surface area contributed by atoms with Crippen LogP contribution in [0.3, 0.4) is 0 Å². The fourth-order valence-electron chi connectivity index (χ4n) is 5.01. The minimum atomic E-state index is -1.18. The van der Waals surface area contributed by atoms with Crippen molar-refractivity contribution in [3.63, 3.8) is 0 Å². The van der Waals surface area contributed by atoms with Gasteiger partial charge in [-0.2, -0.15) is 0 Å². The first kappa shape index (κ1) is 21.3. The molecule has 2 amide bonds. The molecule has 0 aromatic carbocycles. The number of aliphatic carboxylic acids is 1. The van der Waals surface area contributed by atoms with E-state index in [-0.39, 0.29) is 23.9 Å². The largest absolute Gasteiger partial charge is 0.481 e. The highest BCUT2D eigenvalue weighted by atomic mass is 79.9. The molecule has 3 saturated heterocycles. The van der Waals surface area contributed by atoms with Gasteiger partial charge in [0.15, 0.2) is 0 Å². The molecule has 0 radical (unpaired) electrons. The maximum atomic E-state index is 13.5. The number of aliphatic hydroxyl groups excluding tert-OH is 1. The van der Waals surface area contributed by atoms with Gasteiger partial charge in [0.1, 0.15) is 11.6 Å². The van der Waals surface area contributed by atoms with Gasteiger partial charge in [-0.15, -0.1) is 6.58 Å². The van der Waals surface area contributed by atoms with E-state index in [0.717, 1.165) is 12.8 Å². The van der Waals surface area contributed by atoms with Gasteiger partial charge >= 0.3 is 5.97 Å². The van der Waals surface area contributed by atoms with Crippen molar-refractivity contribution in [1.82, 2.24) is 9.80 Å². The normalized spacial score (nSPS) is 35.9. The van der Waals surface area contributed by atoms with Crippen LogP contribution in [0.15, 0.2) is 12.7 Å². The van der Waals surface area contributed by atoms with Gasteiger partial charge in [-0.1, -0.05) is 35.4 Å². The monoisotopic (exact) mass is 458 g/mol. The van der Waals surface area contributed by atoms with E-state index in [1.165, 1.54) is 4.90 Å². The summed E-state index contributed by atoms with van der Waals surface area (Å²) in [7, 11) is 0. The summed E-state index contributed by atoms with van der Waals surface area (Å²) in [6, 6.07) is -0.941. The molecule has 1 spiro atoms. The van der Waals surface area contributed by atoms with Crippen molar-refractivity contribution in [2.24, 2.45) is 11.8 Å². The summed E-state index contributed by atoms with van der Waals surface area (Å²) in [5, 5.41) is 19.2. The molecule has 9 heteroatoms. The Morgan fingerprint density at radius 3 is 2.79 bits per heavy atom. The Bertz CT molecular complexity index is 673. The van der Waals surface area contributed by atoms with Crippen LogP contribution in [0.1, 0.15) is 26.2 Å². The van der Waals surface area contributed by atoms with Crippen molar-refractivity contribution in [2.75, 3.05) is 26.2 Å². The van der Waals surface area contributed by atoms with E-state index in [1.807, 2.05) is 6.92 Å². The average Bonchev–Trinajstić information content (AvgIpc) is 3.23. The second-order valence-corrected chi connectivity index (χ2v) is 8.86. The highest BCUT2D eigenvalue weighted by Crippen LogP contribution is 2.60. The van der Waals surface area contributed by atoms with Gasteiger partial charge in [-0.25, -0.2) is 0 Å². The topological polar surface area (TPSA) is 107 Å². The SMILES string of the molecule is C=CCN(CCCC)C(=O)C1N(CCO)C(=O)[C@@H]2[C@H](C(=O)O)[C@H]3OC12CC3Br. The molecule has 3 heterocycles. The molecule has 0 aromatic rings. The Morgan fingerprint density at radius 2 is 2.21 bits per heavy atom. The van der Waals surface area contributed by atoms with E-state index in [2.05, 4.69) is 22.5 Å². The highest BCUT2D eigenvalue weighted by Gasteiger charge is 2.76. The fraction of sp³-hybridized carbons (Fsp3) is 0.737. The molecule has 156 valence electrons. The number of fused-ring (bicyclic) bond motifs is 1. The van der Waals surface area contributed by atoms with Crippen molar-refractivity contribution in [3.8, 4) is 0 Å². The summed E-state index contributed by atoms with van der Waals surface area (Å²) >= 11 is 3.49. The number of nitrogens with zero attached hydrogens (tertiary/aromatic N) is 2. The lowest BCUT2D eigenvalue weighted by Gasteiger charge is -2.36. The van der Waals surface area contributed by atoms with E-state index in [9.17, 15) is 24.6 Å². The summed E-state index contributed by atoms with van der Waals surface area (Å²) < 4.78 is 6.14. The van der Waals surface area contributed by atoms with E-state index >= 15 is 0 Å². The minimum Gasteiger partial charge on any atom is -0.481 e. The number of amides is 2. The van der Waals surface area contributed by atoms with Gasteiger partial charge in [-0.05, 0) is 12.8 Å². The van der Waals surface area contributed by atoms with Crippen LogP contribution < -0.4 is 0 Å². The number of likely N-dealkylation sites (tertiary alicyclic amines) is 1. The lowest BCUT2D eigenvalue weighted by Crippen LogP contribution is -2.57. The molecule has 3 rings (SSSR count). The molecule has 0 aromatic heterocycles. The first-order valence-corrected chi connectivity index (χ1v) is 10.6. The van der Waals surface area contributed by atoms with Gasteiger partial charge in [-0.3, -0.25) is 14.4 Å². The number of hydrogen-bond acceptors (Lipinski definition) is 5. The Labute approximate surface area is 172 Å². The van der Waals surface area contributed by atoms with E-state index in [1.54, 1.807) is 11.0 Å². The average molecular weight is 459 g/mol. The van der Waals surface area contributed by atoms with Gasteiger partial charge in [0.25, 0.3) is 0 Å². The molecule has 28 heavy (non-hydrogen) atoms. The van der Waals surface area contributed by atoms with E-state index in [4.69, 9.17) is 4.74 Å². The maximum Gasteiger partial charge on any atom is 0.310 e. The lowest BCUT2D eigenvalue weighted by atomic mass is 9.70. The van der Waals surface area contributed by atoms with Crippen LogP contribution in [-0.2, 0) is 19.1 Å². The molecule has 2 bridgehead atoms. The third-order valence-corrected chi connectivity index (χ3v) is 6.94. The van der Waals surface area contributed by atoms with Gasteiger partial charge in [0.05, 0.1) is 24.5 Å². The molecule has 3 fully saturated rings. The van der Waals surface area contributed by atoms with Crippen molar-refractivity contribution in [1.29, 1.82) is 0 Å².